The maximum atomic E-state index is 11.7. The smallest absolute Gasteiger partial charge is 0.387 e. The van der Waals surface area contributed by atoms with Crippen molar-refractivity contribution in [2.24, 2.45) is 0 Å². The van der Waals surface area contributed by atoms with Crippen LogP contribution in [-0.2, 0) is 0 Å². The van der Waals surface area contributed by atoms with Gasteiger partial charge in [0.05, 0.1) is 6.20 Å². The Hall–Kier alpha value is -1.10. The van der Waals surface area contributed by atoms with E-state index in [1.807, 2.05) is 0 Å². The van der Waals surface area contributed by atoms with E-state index in [1.54, 1.807) is 0 Å². The van der Waals surface area contributed by atoms with Gasteiger partial charge in [0, 0.05) is 6.07 Å². The van der Waals surface area contributed by atoms with Crippen molar-refractivity contribution in [3.8, 4) is 5.75 Å². The fourth-order valence-corrected chi connectivity index (χ4v) is 0.770. The van der Waals surface area contributed by atoms with Gasteiger partial charge in [0.25, 0.3) is 0 Å². The third kappa shape index (κ3) is 2.20. The number of anilines is 1. The molecule has 1 aromatic heterocycles. The Kier molecular flexibility index (Phi) is 2.65. The number of hydrogen-bond donors (Lipinski definition) is 1. The first-order chi connectivity index (χ1) is 5.59. The molecule has 0 bridgehead atoms. The molecule has 1 heterocycles. The molecule has 3 nitrogen and oxygen atoms in total. The van der Waals surface area contributed by atoms with Gasteiger partial charge < -0.3 is 10.5 Å². The molecule has 0 radical (unpaired) electrons. The lowest BCUT2D eigenvalue weighted by atomic mass is 10.4. The minimum Gasteiger partial charge on any atom is -0.433 e. The average Bonchev–Trinajstić information content (AvgIpc) is 1.96. The summed E-state index contributed by atoms with van der Waals surface area (Å²) in [5.74, 6) is -0.0887. The SMILES string of the molecule is Nc1cc(OC(F)F)c(Cl)cn1. The molecule has 0 aliphatic heterocycles. The summed E-state index contributed by atoms with van der Waals surface area (Å²) in [6, 6.07) is 1.13. The summed E-state index contributed by atoms with van der Waals surface area (Å²) in [6.45, 7) is -2.91. The standard InChI is InChI=1S/C6H5ClF2N2O/c7-3-2-11-5(10)1-4(3)12-6(8)9/h1-2,6H,(H2,10,11). The number of aromatic nitrogens is 1. The molecule has 0 amide bonds. The monoisotopic (exact) mass is 194 g/mol. The van der Waals surface area contributed by atoms with Crippen molar-refractivity contribution in [3.05, 3.63) is 17.3 Å². The summed E-state index contributed by atoms with van der Waals surface area (Å²) < 4.78 is 27.4. The Bertz CT molecular complexity index is 282. The maximum absolute atomic E-state index is 11.7. The van der Waals surface area contributed by atoms with Crippen LogP contribution in [0.1, 0.15) is 0 Å². The largest absolute Gasteiger partial charge is 0.433 e. The predicted octanol–water partition coefficient (Wildman–Crippen LogP) is 1.92. The Morgan fingerprint density at radius 3 is 2.83 bits per heavy atom. The van der Waals surface area contributed by atoms with Crippen LogP contribution in [0.4, 0.5) is 14.6 Å². The van der Waals surface area contributed by atoms with Gasteiger partial charge >= 0.3 is 6.61 Å². The number of nitrogen functional groups attached to an aromatic ring is 1. The van der Waals surface area contributed by atoms with Gasteiger partial charge in [-0.2, -0.15) is 8.78 Å². The fourth-order valence-electron chi connectivity index (χ4n) is 0.622. The molecule has 1 aromatic rings. The van der Waals surface area contributed by atoms with Gasteiger partial charge in [0.15, 0.2) is 0 Å². The van der Waals surface area contributed by atoms with E-state index in [9.17, 15) is 8.78 Å². The molecule has 0 saturated heterocycles. The van der Waals surface area contributed by atoms with E-state index in [2.05, 4.69) is 9.72 Å². The highest BCUT2D eigenvalue weighted by Gasteiger charge is 2.08. The first kappa shape index (κ1) is 8.99. The van der Waals surface area contributed by atoms with Gasteiger partial charge in [-0.1, -0.05) is 11.6 Å². The molecule has 12 heavy (non-hydrogen) atoms. The van der Waals surface area contributed by atoms with E-state index in [-0.39, 0.29) is 16.6 Å². The average molecular weight is 195 g/mol. The molecular weight excluding hydrogens is 190 g/mol. The van der Waals surface area contributed by atoms with Crippen molar-refractivity contribution < 1.29 is 13.5 Å². The van der Waals surface area contributed by atoms with Gasteiger partial charge in [-0.15, -0.1) is 0 Å². The zero-order valence-electron chi connectivity index (χ0n) is 5.80. The summed E-state index contributed by atoms with van der Waals surface area (Å²) in [7, 11) is 0. The molecule has 6 heteroatoms. The molecule has 2 N–H and O–H groups in total. The summed E-state index contributed by atoms with van der Waals surface area (Å²) in [4.78, 5) is 3.57. The van der Waals surface area contributed by atoms with Crippen LogP contribution in [0.25, 0.3) is 0 Å². The van der Waals surface area contributed by atoms with Crippen LogP contribution in [0.5, 0.6) is 5.75 Å². The van der Waals surface area contributed by atoms with Crippen LogP contribution >= 0.6 is 11.6 Å². The third-order valence-corrected chi connectivity index (χ3v) is 1.34. The number of nitrogens with zero attached hydrogens (tertiary/aromatic N) is 1. The molecule has 0 saturated carbocycles. The Morgan fingerprint density at radius 1 is 1.58 bits per heavy atom. The van der Waals surface area contributed by atoms with E-state index < -0.39 is 6.61 Å². The topological polar surface area (TPSA) is 48.1 Å². The van der Waals surface area contributed by atoms with Crippen LogP contribution in [-0.4, -0.2) is 11.6 Å². The fraction of sp³-hybridized carbons (Fsp3) is 0.167. The highest BCUT2D eigenvalue weighted by molar-refractivity contribution is 6.31. The molecule has 0 fully saturated rings. The van der Waals surface area contributed by atoms with Crippen molar-refractivity contribution in [1.29, 1.82) is 0 Å². The Balaban J connectivity index is 2.90. The first-order valence-electron chi connectivity index (χ1n) is 2.95. The molecule has 0 spiro atoms. The molecule has 0 aromatic carbocycles. The van der Waals surface area contributed by atoms with Gasteiger partial charge in [0.2, 0.25) is 0 Å². The van der Waals surface area contributed by atoms with Crippen molar-refractivity contribution in [3.63, 3.8) is 0 Å². The van der Waals surface area contributed by atoms with Crippen molar-refractivity contribution >= 4 is 17.4 Å². The lowest BCUT2D eigenvalue weighted by Gasteiger charge is -2.05. The van der Waals surface area contributed by atoms with Crippen LogP contribution in [0.3, 0.4) is 0 Å². The Morgan fingerprint density at radius 2 is 2.25 bits per heavy atom. The van der Waals surface area contributed by atoms with Crippen LogP contribution in [0.2, 0.25) is 5.02 Å². The quantitative estimate of drug-likeness (QED) is 0.783. The number of rotatable bonds is 2. The first-order valence-corrected chi connectivity index (χ1v) is 3.33. The van der Waals surface area contributed by atoms with E-state index >= 15 is 0 Å². The predicted molar refractivity (Wildman–Crippen MR) is 40.3 cm³/mol. The minimum absolute atomic E-state index is 0.00417. The maximum Gasteiger partial charge on any atom is 0.387 e. The number of alkyl halides is 2. The number of hydrogen-bond acceptors (Lipinski definition) is 3. The second kappa shape index (κ2) is 3.53. The van der Waals surface area contributed by atoms with Crippen molar-refractivity contribution in [1.82, 2.24) is 4.98 Å². The van der Waals surface area contributed by atoms with Gasteiger partial charge in [-0.3, -0.25) is 0 Å². The number of pyridine rings is 1. The number of ether oxygens (including phenoxy) is 1. The van der Waals surface area contributed by atoms with Gasteiger partial charge in [-0.25, -0.2) is 4.98 Å². The van der Waals surface area contributed by atoms with Gasteiger partial charge in [0.1, 0.15) is 16.6 Å². The summed E-state index contributed by atoms with van der Waals surface area (Å²) >= 11 is 5.46. The zero-order valence-corrected chi connectivity index (χ0v) is 6.55. The van der Waals surface area contributed by atoms with E-state index in [1.165, 1.54) is 0 Å². The minimum atomic E-state index is -2.91. The lowest BCUT2D eigenvalue weighted by molar-refractivity contribution is -0.0497. The molecule has 0 aliphatic rings. The van der Waals surface area contributed by atoms with E-state index in [4.69, 9.17) is 17.3 Å². The zero-order chi connectivity index (χ0) is 9.14. The van der Waals surface area contributed by atoms with Crippen LogP contribution in [0.15, 0.2) is 12.3 Å². The molecule has 0 aliphatic carbocycles. The van der Waals surface area contributed by atoms with Gasteiger partial charge in [-0.05, 0) is 0 Å². The molecule has 0 unspecified atom stereocenters. The highest BCUT2D eigenvalue weighted by atomic mass is 35.5. The highest BCUT2D eigenvalue weighted by Crippen LogP contribution is 2.25. The summed E-state index contributed by atoms with van der Waals surface area (Å²) in [6.07, 6.45) is 1.15. The molecule has 1 rings (SSSR count). The van der Waals surface area contributed by atoms with Crippen LogP contribution in [0, 0.1) is 0 Å². The molecule has 66 valence electrons. The molecule has 0 atom stereocenters. The van der Waals surface area contributed by atoms with Crippen LogP contribution < -0.4 is 10.5 Å². The van der Waals surface area contributed by atoms with E-state index in [0.29, 0.717) is 0 Å². The normalized spacial score (nSPS) is 10.3. The molecular formula is C6H5ClF2N2O. The van der Waals surface area contributed by atoms with E-state index in [0.717, 1.165) is 12.3 Å². The summed E-state index contributed by atoms with van der Waals surface area (Å²) in [5.41, 5.74) is 5.21. The number of halogens is 3. The second-order valence-corrected chi connectivity index (χ2v) is 2.33. The van der Waals surface area contributed by atoms with Crippen molar-refractivity contribution in [2.45, 2.75) is 6.61 Å². The second-order valence-electron chi connectivity index (χ2n) is 1.92. The lowest BCUT2D eigenvalue weighted by Crippen LogP contribution is -2.03. The number of nitrogens with two attached hydrogens (primary N) is 1. The Labute approximate surface area is 72.1 Å². The third-order valence-electron chi connectivity index (χ3n) is 1.06. The van der Waals surface area contributed by atoms with Crippen molar-refractivity contribution in [2.75, 3.05) is 5.73 Å². The summed E-state index contributed by atoms with van der Waals surface area (Å²) in [5, 5.41) is 0.00417.